The number of hydrogen-bond donors (Lipinski definition) is 1. The Labute approximate surface area is 157 Å². The lowest BCUT2D eigenvalue weighted by Gasteiger charge is -2.33. The van der Waals surface area contributed by atoms with E-state index < -0.39 is 40.1 Å². The second-order valence-corrected chi connectivity index (χ2v) is 7.86. The third-order valence-corrected chi connectivity index (χ3v) is 6.12. The molecule has 27 heavy (non-hydrogen) atoms. The van der Waals surface area contributed by atoms with Crippen molar-refractivity contribution in [1.29, 1.82) is 0 Å². The quantitative estimate of drug-likeness (QED) is 0.616. The van der Waals surface area contributed by atoms with E-state index in [4.69, 9.17) is 0 Å². The van der Waals surface area contributed by atoms with E-state index in [-0.39, 0.29) is 16.0 Å². The Morgan fingerprint density at radius 2 is 1.67 bits per heavy atom. The van der Waals surface area contributed by atoms with Gasteiger partial charge in [-0.2, -0.15) is 4.31 Å². The normalized spacial score (nSPS) is 18.6. The Morgan fingerprint density at radius 3 is 2.33 bits per heavy atom. The number of nitrogens with zero attached hydrogens (tertiary/aromatic N) is 1. The van der Waals surface area contributed by atoms with Crippen LogP contribution in [0.4, 0.5) is 0 Å². The number of Topliss-reactive ketones (excluding diaryl/α,β-unsaturated/α-hetero) is 2. The summed E-state index contributed by atoms with van der Waals surface area (Å²) < 4.78 is 26.8. The third-order valence-electron chi connectivity index (χ3n) is 4.26. The van der Waals surface area contributed by atoms with Gasteiger partial charge in [-0.15, -0.1) is 0 Å². The van der Waals surface area contributed by atoms with Gasteiger partial charge in [-0.1, -0.05) is 42.5 Å². The van der Waals surface area contributed by atoms with Crippen molar-refractivity contribution in [1.82, 2.24) is 9.62 Å². The van der Waals surface area contributed by atoms with E-state index in [2.05, 4.69) is 5.32 Å². The first-order valence-corrected chi connectivity index (χ1v) is 9.83. The lowest BCUT2D eigenvalue weighted by molar-refractivity contribution is -0.121. The van der Waals surface area contributed by atoms with Gasteiger partial charge in [0, 0.05) is 17.7 Å². The van der Waals surface area contributed by atoms with E-state index in [1.807, 2.05) is 0 Å². The second-order valence-electron chi connectivity index (χ2n) is 6.00. The number of ketones is 2. The molecule has 0 saturated heterocycles. The second kappa shape index (κ2) is 7.42. The molecule has 1 aliphatic rings. The lowest BCUT2D eigenvalue weighted by atomic mass is 9.96. The largest absolute Gasteiger partial charge is 0.355 e. The van der Waals surface area contributed by atoms with Crippen molar-refractivity contribution in [2.24, 2.45) is 0 Å². The maximum atomic E-state index is 13.1. The summed E-state index contributed by atoms with van der Waals surface area (Å²) in [6.07, 6.45) is 0. The zero-order valence-electron chi connectivity index (χ0n) is 14.6. The summed E-state index contributed by atoms with van der Waals surface area (Å²) in [6, 6.07) is 12.1. The fourth-order valence-corrected chi connectivity index (χ4v) is 4.73. The lowest BCUT2D eigenvalue weighted by Crippen LogP contribution is -2.56. The average molecular weight is 386 g/mol. The summed E-state index contributed by atoms with van der Waals surface area (Å²) in [5, 5.41) is 2.50. The maximum absolute atomic E-state index is 13.1. The Bertz CT molecular complexity index is 1000. The van der Waals surface area contributed by atoms with Gasteiger partial charge in [0.15, 0.2) is 17.6 Å². The number of carbonyl (C=O) groups is 3. The minimum Gasteiger partial charge on any atom is -0.355 e. The van der Waals surface area contributed by atoms with E-state index in [0.717, 1.165) is 0 Å². The smallest absolute Gasteiger partial charge is 0.245 e. The molecule has 0 aliphatic carbocycles. The molecule has 2 aromatic carbocycles. The molecule has 0 spiro atoms. The highest BCUT2D eigenvalue weighted by Crippen LogP contribution is 2.31. The number of nitrogens with one attached hydrogen (secondary N) is 1. The molecule has 1 unspecified atom stereocenters. The van der Waals surface area contributed by atoms with Gasteiger partial charge in [0.1, 0.15) is 0 Å². The van der Waals surface area contributed by atoms with Gasteiger partial charge in [0.25, 0.3) is 0 Å². The monoisotopic (exact) mass is 386 g/mol. The number of likely N-dealkylation sites (N-methyl/N-ethyl adjacent to an activating group) is 1. The summed E-state index contributed by atoms with van der Waals surface area (Å²) in [5.74, 6) is -1.89. The number of benzene rings is 2. The van der Waals surface area contributed by atoms with Gasteiger partial charge >= 0.3 is 0 Å². The van der Waals surface area contributed by atoms with E-state index in [0.29, 0.717) is 10.8 Å². The molecule has 2 aromatic rings. The molecule has 1 N–H and O–H groups in total. The topological polar surface area (TPSA) is 101 Å². The van der Waals surface area contributed by atoms with Crippen LogP contribution in [0.15, 0.2) is 59.5 Å². The van der Waals surface area contributed by atoms with Crippen molar-refractivity contribution < 1.29 is 22.8 Å². The van der Waals surface area contributed by atoms with Gasteiger partial charge in [-0.05, 0) is 19.1 Å². The molecular formula is C19H18N2O5S. The maximum Gasteiger partial charge on any atom is 0.245 e. The molecule has 0 saturated carbocycles. The van der Waals surface area contributed by atoms with Crippen LogP contribution in [0.3, 0.4) is 0 Å². The van der Waals surface area contributed by atoms with Crippen LogP contribution in [0.1, 0.15) is 27.6 Å². The molecule has 0 radical (unpaired) electrons. The van der Waals surface area contributed by atoms with Crippen LogP contribution in [-0.4, -0.2) is 49.3 Å². The first kappa shape index (κ1) is 18.9. The fourth-order valence-electron chi connectivity index (χ4n) is 3.02. The number of carbonyl (C=O) groups excluding carboxylic acids is 3. The number of rotatable bonds is 5. The Hall–Kier alpha value is -2.84. The van der Waals surface area contributed by atoms with Crippen molar-refractivity contribution in [3.63, 3.8) is 0 Å². The molecule has 0 fully saturated rings. The molecule has 0 bridgehead atoms. The zero-order chi connectivity index (χ0) is 19.6. The molecule has 1 amide bonds. The van der Waals surface area contributed by atoms with Crippen molar-refractivity contribution in [2.45, 2.75) is 17.9 Å². The van der Waals surface area contributed by atoms with Crippen molar-refractivity contribution in [3.8, 4) is 0 Å². The van der Waals surface area contributed by atoms with Gasteiger partial charge in [-0.3, -0.25) is 14.4 Å². The summed E-state index contributed by atoms with van der Waals surface area (Å²) in [7, 11) is -4.20. The summed E-state index contributed by atoms with van der Waals surface area (Å²) in [4.78, 5) is 37.9. The van der Waals surface area contributed by atoms with Gasteiger partial charge in [0.05, 0.1) is 11.4 Å². The average Bonchev–Trinajstić information content (AvgIpc) is 2.67. The molecule has 0 aromatic heterocycles. The van der Waals surface area contributed by atoms with Gasteiger partial charge in [-0.25, -0.2) is 8.42 Å². The van der Waals surface area contributed by atoms with Crippen LogP contribution in [0.25, 0.3) is 0 Å². The van der Waals surface area contributed by atoms with Crippen LogP contribution < -0.4 is 5.32 Å². The van der Waals surface area contributed by atoms with E-state index in [1.54, 1.807) is 25.1 Å². The molecule has 3 rings (SSSR count). The van der Waals surface area contributed by atoms with Crippen molar-refractivity contribution in [3.05, 3.63) is 65.7 Å². The minimum absolute atomic E-state index is 0.0427. The number of sulfonamides is 1. The zero-order valence-corrected chi connectivity index (χ0v) is 15.4. The predicted molar refractivity (Wildman–Crippen MR) is 97.9 cm³/mol. The van der Waals surface area contributed by atoms with Crippen LogP contribution in [0.5, 0.6) is 0 Å². The van der Waals surface area contributed by atoms with Gasteiger partial charge in [0.2, 0.25) is 15.9 Å². The Kier molecular flexibility index (Phi) is 5.20. The third kappa shape index (κ3) is 3.41. The minimum atomic E-state index is -4.20. The number of fused-ring (bicyclic) bond motifs is 1. The standard InChI is InChI=1S/C19H18N2O5S/c1-2-20-16(22)12-21-17(18(23)13-8-4-3-5-9-13)19(24)14-10-6-7-11-15(14)27(21,25)26/h3-11,17H,2,12H2,1H3,(H,20,22). The molecule has 140 valence electrons. The first-order valence-electron chi connectivity index (χ1n) is 8.39. The van der Waals surface area contributed by atoms with Crippen LogP contribution in [0, 0.1) is 0 Å². The Balaban J connectivity index is 2.14. The molecule has 1 aliphatic heterocycles. The van der Waals surface area contributed by atoms with Crippen molar-refractivity contribution in [2.75, 3.05) is 13.1 Å². The highest BCUT2D eigenvalue weighted by atomic mass is 32.2. The summed E-state index contributed by atoms with van der Waals surface area (Å²) in [5.41, 5.74) is 0.158. The molecular weight excluding hydrogens is 368 g/mol. The number of hydrogen-bond acceptors (Lipinski definition) is 5. The van der Waals surface area contributed by atoms with E-state index in [1.165, 1.54) is 36.4 Å². The highest BCUT2D eigenvalue weighted by molar-refractivity contribution is 7.89. The van der Waals surface area contributed by atoms with Crippen molar-refractivity contribution >= 4 is 27.5 Å². The van der Waals surface area contributed by atoms with Crippen LogP contribution in [0.2, 0.25) is 0 Å². The summed E-state index contributed by atoms with van der Waals surface area (Å²) in [6.45, 7) is 1.38. The Morgan fingerprint density at radius 1 is 1.04 bits per heavy atom. The molecule has 1 atom stereocenters. The molecule has 8 heteroatoms. The molecule has 1 heterocycles. The van der Waals surface area contributed by atoms with E-state index >= 15 is 0 Å². The van der Waals surface area contributed by atoms with Crippen LogP contribution >= 0.6 is 0 Å². The number of amides is 1. The summed E-state index contributed by atoms with van der Waals surface area (Å²) >= 11 is 0. The van der Waals surface area contributed by atoms with Crippen LogP contribution in [-0.2, 0) is 14.8 Å². The SMILES string of the molecule is CCNC(=O)CN1C(C(=O)c2ccccc2)C(=O)c2ccccc2S1(=O)=O. The fraction of sp³-hybridized carbons (Fsp3) is 0.211. The first-order chi connectivity index (χ1) is 12.9. The highest BCUT2D eigenvalue weighted by Gasteiger charge is 2.48. The predicted octanol–water partition coefficient (Wildman–Crippen LogP) is 1.26. The molecule has 7 nitrogen and oxygen atoms in total. The van der Waals surface area contributed by atoms with E-state index in [9.17, 15) is 22.8 Å². The van der Waals surface area contributed by atoms with Gasteiger partial charge < -0.3 is 5.32 Å².